The molecule has 2 aliphatic rings. The van der Waals surface area contributed by atoms with Crippen LogP contribution in [0.3, 0.4) is 0 Å². The van der Waals surface area contributed by atoms with Crippen LogP contribution in [0.1, 0.15) is 37.7 Å². The highest BCUT2D eigenvalue weighted by atomic mass is 79.9. The number of ether oxygens (including phenoxy) is 1. The summed E-state index contributed by atoms with van der Waals surface area (Å²) >= 11 is 3.10. The summed E-state index contributed by atoms with van der Waals surface area (Å²) in [4.78, 5) is 26.6. The van der Waals surface area contributed by atoms with Crippen LogP contribution >= 0.6 is 15.9 Å². The van der Waals surface area contributed by atoms with Crippen molar-refractivity contribution in [2.75, 3.05) is 20.2 Å². The molecule has 1 unspecified atom stereocenters. The summed E-state index contributed by atoms with van der Waals surface area (Å²) in [6.45, 7) is 0.0530. The molecule has 1 aliphatic carbocycles. The molecule has 0 aromatic heterocycles. The quantitative estimate of drug-likeness (QED) is 0.388. The van der Waals surface area contributed by atoms with Gasteiger partial charge in [0.2, 0.25) is 5.91 Å². The average molecular weight is 570 g/mol. The molecule has 2 aromatic rings. The Labute approximate surface area is 211 Å². The fourth-order valence-electron chi connectivity index (χ4n) is 5.20. The van der Waals surface area contributed by atoms with Crippen molar-refractivity contribution in [3.05, 3.63) is 64.1 Å². The number of methoxy groups -OCH3 is 1. The van der Waals surface area contributed by atoms with Crippen molar-refractivity contribution in [3.8, 4) is 0 Å². The van der Waals surface area contributed by atoms with Crippen LogP contribution in [0.15, 0.2) is 51.8 Å². The van der Waals surface area contributed by atoms with Crippen LogP contribution in [0.25, 0.3) is 0 Å². The lowest BCUT2D eigenvalue weighted by molar-refractivity contribution is -0.148. The van der Waals surface area contributed by atoms with Gasteiger partial charge in [-0.25, -0.2) is 17.2 Å². The number of halogens is 3. The first kappa shape index (κ1) is 25.8. The molecule has 188 valence electrons. The van der Waals surface area contributed by atoms with Crippen LogP contribution in [-0.2, 0) is 28.9 Å². The number of esters is 1. The Morgan fingerprint density at radius 2 is 1.66 bits per heavy atom. The molecule has 10 heteroatoms. The molecule has 1 amide bonds. The summed E-state index contributed by atoms with van der Waals surface area (Å²) in [6.07, 6.45) is 2.18. The van der Waals surface area contributed by atoms with E-state index in [0.717, 1.165) is 12.1 Å². The van der Waals surface area contributed by atoms with E-state index in [9.17, 15) is 26.8 Å². The van der Waals surface area contributed by atoms with Gasteiger partial charge in [-0.1, -0.05) is 6.07 Å². The summed E-state index contributed by atoms with van der Waals surface area (Å²) in [5, 5.41) is 0. The number of carbonyl (C=O) groups is 2. The second kappa shape index (κ2) is 9.97. The molecule has 0 radical (unpaired) electrons. The molecular formula is C25H26BrF2NO5S. The van der Waals surface area contributed by atoms with Crippen LogP contribution in [0, 0.1) is 23.5 Å². The normalized spacial score (nSPS) is 24.9. The highest BCUT2D eigenvalue weighted by Gasteiger charge is 2.53. The lowest BCUT2D eigenvalue weighted by Crippen LogP contribution is -2.43. The van der Waals surface area contributed by atoms with Crippen molar-refractivity contribution in [2.24, 2.45) is 11.8 Å². The molecule has 0 spiro atoms. The first-order valence-electron chi connectivity index (χ1n) is 11.4. The monoisotopic (exact) mass is 569 g/mol. The minimum absolute atomic E-state index is 0.0804. The summed E-state index contributed by atoms with van der Waals surface area (Å²) in [5.41, 5.74) is 0.243. The second-order valence-electron chi connectivity index (χ2n) is 9.16. The van der Waals surface area contributed by atoms with Gasteiger partial charge in [0, 0.05) is 19.0 Å². The summed E-state index contributed by atoms with van der Waals surface area (Å²) in [7, 11) is -2.78. The van der Waals surface area contributed by atoms with Crippen LogP contribution in [0.4, 0.5) is 8.78 Å². The standard InChI is InChI=1S/C25H26BrF2NO5S/c1-34-24(31)17-4-2-16(3-5-17)23(30)29-13-12-25(15-29,18-6-11-21(26)22(28)14-18)35(32,33)20-9-7-19(27)8-10-20/h6-11,14,16-17H,2-5,12-13,15H2,1H3. The van der Waals surface area contributed by atoms with Gasteiger partial charge in [0.1, 0.15) is 16.4 Å². The smallest absolute Gasteiger partial charge is 0.308 e. The number of amides is 1. The zero-order valence-electron chi connectivity index (χ0n) is 19.2. The van der Waals surface area contributed by atoms with Crippen LogP contribution in [0.5, 0.6) is 0 Å². The fourth-order valence-corrected chi connectivity index (χ4v) is 7.52. The van der Waals surface area contributed by atoms with E-state index in [4.69, 9.17) is 4.74 Å². The molecule has 1 saturated carbocycles. The van der Waals surface area contributed by atoms with Crippen LogP contribution in [0.2, 0.25) is 0 Å². The molecule has 2 aromatic carbocycles. The molecule has 6 nitrogen and oxygen atoms in total. The molecule has 0 N–H and O–H groups in total. The number of benzene rings is 2. The Bertz CT molecular complexity index is 1230. The largest absolute Gasteiger partial charge is 0.469 e. The van der Waals surface area contributed by atoms with E-state index in [-0.39, 0.29) is 58.2 Å². The second-order valence-corrected chi connectivity index (χ2v) is 12.3. The summed E-state index contributed by atoms with van der Waals surface area (Å²) < 4.78 is 59.3. The van der Waals surface area contributed by atoms with Gasteiger partial charge >= 0.3 is 5.97 Å². The molecule has 0 bridgehead atoms. The fraction of sp³-hybridized carbons (Fsp3) is 0.440. The average Bonchev–Trinajstić information content (AvgIpc) is 3.32. The van der Waals surface area contributed by atoms with Crippen molar-refractivity contribution in [1.29, 1.82) is 0 Å². The predicted molar refractivity (Wildman–Crippen MR) is 128 cm³/mol. The highest BCUT2D eigenvalue weighted by Crippen LogP contribution is 2.45. The number of likely N-dealkylation sites (tertiary alicyclic amines) is 1. The molecule has 2 fully saturated rings. The molecule has 4 rings (SSSR count). The van der Waals surface area contributed by atoms with E-state index >= 15 is 0 Å². The summed E-state index contributed by atoms with van der Waals surface area (Å²) in [6, 6.07) is 8.71. The molecule has 35 heavy (non-hydrogen) atoms. The Morgan fingerprint density at radius 1 is 1.03 bits per heavy atom. The molecule has 1 aliphatic heterocycles. The van der Waals surface area contributed by atoms with Gasteiger partial charge in [-0.15, -0.1) is 0 Å². The molecule has 1 heterocycles. The highest BCUT2D eigenvalue weighted by molar-refractivity contribution is 9.10. The van der Waals surface area contributed by atoms with Crippen molar-refractivity contribution >= 4 is 37.6 Å². The zero-order chi connectivity index (χ0) is 25.4. The third-order valence-corrected chi connectivity index (χ3v) is 10.4. The maximum Gasteiger partial charge on any atom is 0.308 e. The minimum atomic E-state index is -4.12. The number of rotatable bonds is 5. The van der Waals surface area contributed by atoms with Crippen molar-refractivity contribution in [3.63, 3.8) is 0 Å². The zero-order valence-corrected chi connectivity index (χ0v) is 21.6. The predicted octanol–water partition coefficient (Wildman–Crippen LogP) is 4.61. The SMILES string of the molecule is COC(=O)C1CCC(C(=O)N2CCC(c3ccc(Br)c(F)c3)(S(=O)(=O)c3ccc(F)cc3)C2)CC1. The van der Waals surface area contributed by atoms with Crippen LogP contribution in [-0.4, -0.2) is 45.4 Å². The van der Waals surface area contributed by atoms with Crippen LogP contribution < -0.4 is 0 Å². The Hall–Kier alpha value is -2.33. The molecule has 1 saturated heterocycles. The number of sulfone groups is 1. The van der Waals surface area contributed by atoms with Crippen molar-refractivity contribution in [2.45, 2.75) is 41.7 Å². The van der Waals surface area contributed by atoms with Crippen molar-refractivity contribution in [1.82, 2.24) is 4.90 Å². The number of hydrogen-bond acceptors (Lipinski definition) is 5. The first-order chi connectivity index (χ1) is 16.6. The Balaban J connectivity index is 1.65. The third kappa shape index (κ3) is 4.74. The lowest BCUT2D eigenvalue weighted by atomic mass is 9.81. The number of hydrogen-bond donors (Lipinski definition) is 0. The van der Waals surface area contributed by atoms with Gasteiger partial charge in [0.25, 0.3) is 0 Å². The minimum Gasteiger partial charge on any atom is -0.469 e. The van der Waals surface area contributed by atoms with E-state index < -0.39 is 26.2 Å². The lowest BCUT2D eigenvalue weighted by Gasteiger charge is -2.32. The Morgan fingerprint density at radius 3 is 2.26 bits per heavy atom. The van der Waals surface area contributed by atoms with E-state index in [0.29, 0.717) is 25.7 Å². The molecule has 1 atom stereocenters. The topological polar surface area (TPSA) is 80.8 Å². The van der Waals surface area contributed by atoms with E-state index in [1.807, 2.05) is 0 Å². The first-order valence-corrected chi connectivity index (χ1v) is 13.7. The maximum atomic E-state index is 14.5. The van der Waals surface area contributed by atoms with Gasteiger partial charge in [0.15, 0.2) is 9.84 Å². The van der Waals surface area contributed by atoms with E-state index in [1.54, 1.807) is 6.07 Å². The Kier molecular flexibility index (Phi) is 7.33. The van der Waals surface area contributed by atoms with Gasteiger partial charge < -0.3 is 9.64 Å². The number of carbonyl (C=O) groups excluding carboxylic acids is 2. The number of nitrogens with zero attached hydrogens (tertiary/aromatic N) is 1. The third-order valence-electron chi connectivity index (χ3n) is 7.24. The maximum absolute atomic E-state index is 14.5. The van der Waals surface area contributed by atoms with E-state index in [2.05, 4.69) is 15.9 Å². The van der Waals surface area contributed by atoms with Gasteiger partial charge in [-0.2, -0.15) is 0 Å². The van der Waals surface area contributed by atoms with Gasteiger partial charge in [-0.05, 0) is 90.0 Å². The van der Waals surface area contributed by atoms with Gasteiger partial charge in [0.05, 0.1) is 22.4 Å². The summed E-state index contributed by atoms with van der Waals surface area (Å²) in [5.74, 6) is -2.17. The molecular weight excluding hydrogens is 544 g/mol. The van der Waals surface area contributed by atoms with Crippen molar-refractivity contribution < 1.29 is 31.5 Å². The van der Waals surface area contributed by atoms with Gasteiger partial charge in [-0.3, -0.25) is 9.59 Å². The van der Waals surface area contributed by atoms with E-state index in [1.165, 1.54) is 36.3 Å².